The molecule has 1 aliphatic rings. The van der Waals surface area contributed by atoms with Crippen molar-refractivity contribution in [3.05, 3.63) is 18.0 Å². The molecule has 0 spiro atoms. The molecular formula is C15H21N3O2. The molecule has 20 heavy (non-hydrogen) atoms. The molecular weight excluding hydrogens is 254 g/mol. The van der Waals surface area contributed by atoms with Crippen molar-refractivity contribution < 1.29 is 9.47 Å². The molecule has 2 aromatic heterocycles. The molecule has 0 radical (unpaired) electrons. The summed E-state index contributed by atoms with van der Waals surface area (Å²) >= 11 is 0. The number of aromatic nitrogens is 3. The standard InChI is InChI=1S/C15H21N3O2/c1-3-19-11-7-10(8-11)9-13-16-12-5-6-14(20-4-2)18-15(12)17-13/h5-6,10-11H,3-4,7-9H2,1-2H3,(H,16,17,18). The molecule has 0 unspecified atom stereocenters. The summed E-state index contributed by atoms with van der Waals surface area (Å²) in [5.41, 5.74) is 1.72. The first-order chi connectivity index (χ1) is 9.78. The Morgan fingerprint density at radius 1 is 1.20 bits per heavy atom. The molecule has 2 aromatic rings. The lowest BCUT2D eigenvalue weighted by molar-refractivity contribution is -0.0244. The quantitative estimate of drug-likeness (QED) is 0.880. The maximum atomic E-state index is 5.59. The first kappa shape index (κ1) is 13.4. The second kappa shape index (κ2) is 5.79. The highest BCUT2D eigenvalue weighted by molar-refractivity contribution is 5.71. The van der Waals surface area contributed by atoms with E-state index in [1.165, 1.54) is 0 Å². The zero-order chi connectivity index (χ0) is 13.9. The summed E-state index contributed by atoms with van der Waals surface area (Å²) in [5.74, 6) is 2.33. The maximum absolute atomic E-state index is 5.59. The van der Waals surface area contributed by atoms with Crippen LogP contribution in [0.25, 0.3) is 11.2 Å². The van der Waals surface area contributed by atoms with Gasteiger partial charge in [0.2, 0.25) is 5.88 Å². The first-order valence-electron chi connectivity index (χ1n) is 7.38. The van der Waals surface area contributed by atoms with Gasteiger partial charge in [0.1, 0.15) is 5.82 Å². The Hall–Kier alpha value is -1.62. The van der Waals surface area contributed by atoms with Crippen LogP contribution in [-0.4, -0.2) is 34.3 Å². The highest BCUT2D eigenvalue weighted by atomic mass is 16.5. The van der Waals surface area contributed by atoms with Crippen molar-refractivity contribution in [2.75, 3.05) is 13.2 Å². The Morgan fingerprint density at radius 3 is 2.80 bits per heavy atom. The van der Waals surface area contributed by atoms with E-state index < -0.39 is 0 Å². The molecule has 0 saturated heterocycles. The third-order valence-electron chi connectivity index (χ3n) is 3.74. The van der Waals surface area contributed by atoms with Crippen LogP contribution in [0.4, 0.5) is 0 Å². The van der Waals surface area contributed by atoms with Crippen molar-refractivity contribution in [1.82, 2.24) is 15.0 Å². The summed E-state index contributed by atoms with van der Waals surface area (Å²) < 4.78 is 11.0. The van der Waals surface area contributed by atoms with Crippen LogP contribution in [0.1, 0.15) is 32.5 Å². The van der Waals surface area contributed by atoms with E-state index in [-0.39, 0.29) is 0 Å². The van der Waals surface area contributed by atoms with Crippen molar-refractivity contribution in [1.29, 1.82) is 0 Å². The first-order valence-corrected chi connectivity index (χ1v) is 7.38. The zero-order valence-corrected chi connectivity index (χ0v) is 12.1. The van der Waals surface area contributed by atoms with E-state index >= 15 is 0 Å². The number of pyridine rings is 1. The predicted molar refractivity (Wildman–Crippen MR) is 76.9 cm³/mol. The SMILES string of the molecule is CCOc1ccc2[nH]c(CC3CC(OCC)C3)nc2n1. The molecule has 1 N–H and O–H groups in total. The molecule has 3 rings (SSSR count). The highest BCUT2D eigenvalue weighted by Gasteiger charge is 2.30. The van der Waals surface area contributed by atoms with Gasteiger partial charge in [-0.2, -0.15) is 4.98 Å². The van der Waals surface area contributed by atoms with Crippen LogP contribution < -0.4 is 4.74 Å². The molecule has 2 heterocycles. The van der Waals surface area contributed by atoms with Crippen molar-refractivity contribution in [2.45, 2.75) is 39.2 Å². The lowest BCUT2D eigenvalue weighted by Crippen LogP contribution is -2.32. The minimum Gasteiger partial charge on any atom is -0.478 e. The number of hydrogen-bond donors (Lipinski definition) is 1. The topological polar surface area (TPSA) is 60.0 Å². The number of H-pyrrole nitrogens is 1. The molecule has 0 amide bonds. The number of fused-ring (bicyclic) bond motifs is 1. The summed E-state index contributed by atoms with van der Waals surface area (Å²) in [6, 6.07) is 3.86. The lowest BCUT2D eigenvalue weighted by Gasteiger charge is -2.34. The summed E-state index contributed by atoms with van der Waals surface area (Å²) in [6.07, 6.45) is 3.71. The smallest absolute Gasteiger partial charge is 0.215 e. The van der Waals surface area contributed by atoms with Crippen LogP contribution >= 0.6 is 0 Å². The number of hydrogen-bond acceptors (Lipinski definition) is 4. The van der Waals surface area contributed by atoms with Gasteiger partial charge in [-0.3, -0.25) is 0 Å². The van der Waals surface area contributed by atoms with Crippen molar-refractivity contribution in [2.24, 2.45) is 5.92 Å². The molecule has 0 bridgehead atoms. The zero-order valence-electron chi connectivity index (χ0n) is 12.1. The van der Waals surface area contributed by atoms with Gasteiger partial charge in [-0.25, -0.2) is 4.98 Å². The Labute approximate surface area is 118 Å². The Balaban J connectivity index is 1.64. The number of nitrogens with zero attached hydrogens (tertiary/aromatic N) is 2. The van der Waals surface area contributed by atoms with Gasteiger partial charge in [0.15, 0.2) is 5.65 Å². The molecule has 108 valence electrons. The minimum absolute atomic E-state index is 0.456. The van der Waals surface area contributed by atoms with E-state index in [2.05, 4.69) is 15.0 Å². The van der Waals surface area contributed by atoms with E-state index in [9.17, 15) is 0 Å². The van der Waals surface area contributed by atoms with Crippen LogP contribution in [0.3, 0.4) is 0 Å². The van der Waals surface area contributed by atoms with Gasteiger partial charge in [0, 0.05) is 19.1 Å². The second-order valence-electron chi connectivity index (χ2n) is 5.26. The fraction of sp³-hybridized carbons (Fsp3) is 0.600. The number of rotatable bonds is 6. The van der Waals surface area contributed by atoms with E-state index in [0.717, 1.165) is 42.9 Å². The van der Waals surface area contributed by atoms with Gasteiger partial charge >= 0.3 is 0 Å². The number of imidazole rings is 1. The number of aromatic amines is 1. The Kier molecular flexibility index (Phi) is 3.87. The Bertz CT molecular complexity index is 576. The van der Waals surface area contributed by atoms with Crippen LogP contribution in [-0.2, 0) is 11.2 Å². The van der Waals surface area contributed by atoms with Crippen molar-refractivity contribution >= 4 is 11.2 Å². The molecule has 0 aromatic carbocycles. The van der Waals surface area contributed by atoms with E-state index in [1.807, 2.05) is 26.0 Å². The summed E-state index contributed by atoms with van der Waals surface area (Å²) in [4.78, 5) is 12.3. The third-order valence-corrected chi connectivity index (χ3v) is 3.74. The summed E-state index contributed by atoms with van der Waals surface area (Å²) in [6.45, 7) is 5.43. The van der Waals surface area contributed by atoms with E-state index in [1.54, 1.807) is 0 Å². The minimum atomic E-state index is 0.456. The molecule has 1 aliphatic carbocycles. The largest absolute Gasteiger partial charge is 0.478 e. The van der Waals surface area contributed by atoms with Crippen LogP contribution in [0.2, 0.25) is 0 Å². The molecule has 1 fully saturated rings. The fourth-order valence-electron chi connectivity index (χ4n) is 2.74. The monoisotopic (exact) mass is 275 g/mol. The van der Waals surface area contributed by atoms with Crippen LogP contribution in [0.5, 0.6) is 5.88 Å². The molecule has 0 aliphatic heterocycles. The van der Waals surface area contributed by atoms with E-state index in [0.29, 0.717) is 24.5 Å². The van der Waals surface area contributed by atoms with Gasteiger partial charge in [0.25, 0.3) is 0 Å². The lowest BCUT2D eigenvalue weighted by atomic mass is 9.80. The van der Waals surface area contributed by atoms with Gasteiger partial charge < -0.3 is 14.5 Å². The molecule has 5 nitrogen and oxygen atoms in total. The van der Waals surface area contributed by atoms with Crippen LogP contribution in [0, 0.1) is 5.92 Å². The normalized spacial score (nSPS) is 21.9. The maximum Gasteiger partial charge on any atom is 0.215 e. The Morgan fingerprint density at radius 2 is 2.05 bits per heavy atom. The van der Waals surface area contributed by atoms with Gasteiger partial charge in [-0.15, -0.1) is 0 Å². The van der Waals surface area contributed by atoms with Gasteiger partial charge in [0.05, 0.1) is 18.2 Å². The van der Waals surface area contributed by atoms with Gasteiger partial charge in [-0.1, -0.05) is 0 Å². The van der Waals surface area contributed by atoms with Crippen molar-refractivity contribution in [3.63, 3.8) is 0 Å². The highest BCUT2D eigenvalue weighted by Crippen LogP contribution is 2.32. The number of ether oxygens (including phenoxy) is 2. The van der Waals surface area contributed by atoms with E-state index in [4.69, 9.17) is 9.47 Å². The van der Waals surface area contributed by atoms with Gasteiger partial charge in [-0.05, 0) is 38.7 Å². The number of nitrogens with one attached hydrogen (secondary N) is 1. The summed E-state index contributed by atoms with van der Waals surface area (Å²) in [7, 11) is 0. The average molecular weight is 275 g/mol. The second-order valence-corrected chi connectivity index (χ2v) is 5.26. The summed E-state index contributed by atoms with van der Waals surface area (Å²) in [5, 5.41) is 0. The molecule has 5 heteroatoms. The molecule has 0 atom stereocenters. The third kappa shape index (κ3) is 2.77. The molecule has 1 saturated carbocycles. The van der Waals surface area contributed by atoms with Crippen LogP contribution in [0.15, 0.2) is 12.1 Å². The predicted octanol–water partition coefficient (Wildman–Crippen LogP) is 2.71. The average Bonchev–Trinajstić information content (AvgIpc) is 2.78. The van der Waals surface area contributed by atoms with Crippen molar-refractivity contribution in [3.8, 4) is 5.88 Å². The fourth-order valence-corrected chi connectivity index (χ4v) is 2.74.